The molecule has 1 saturated carbocycles. The molecule has 1 saturated heterocycles. The van der Waals surface area contributed by atoms with Crippen molar-refractivity contribution in [2.45, 2.75) is 44.6 Å². The van der Waals surface area contributed by atoms with Gasteiger partial charge in [0.2, 0.25) is 11.8 Å². The van der Waals surface area contributed by atoms with E-state index in [1.165, 1.54) is 18.2 Å². The Labute approximate surface area is 155 Å². The monoisotopic (exact) mass is 371 g/mol. The molecule has 0 radical (unpaired) electrons. The van der Waals surface area contributed by atoms with Crippen molar-refractivity contribution in [1.82, 2.24) is 20.3 Å². The van der Waals surface area contributed by atoms with Crippen molar-refractivity contribution in [2.75, 3.05) is 5.75 Å². The number of carbonyl (C=O) groups excluding carboxylic acids is 2. The quantitative estimate of drug-likeness (QED) is 0.808. The summed E-state index contributed by atoms with van der Waals surface area (Å²) in [5.74, 6) is 0.838. The van der Waals surface area contributed by atoms with Crippen LogP contribution < -0.4 is 5.43 Å². The number of hydrogen-bond acceptors (Lipinski definition) is 5. The molecule has 4 rings (SSSR count). The lowest BCUT2D eigenvalue weighted by atomic mass is 9.94. The number of benzene rings is 1. The van der Waals surface area contributed by atoms with Crippen LogP contribution in [0.4, 0.5) is 0 Å². The summed E-state index contributed by atoms with van der Waals surface area (Å²) >= 11 is 1.39. The molecule has 2 aliphatic rings. The van der Waals surface area contributed by atoms with Crippen LogP contribution >= 0.6 is 11.8 Å². The second kappa shape index (κ2) is 7.49. The normalized spacial score (nSPS) is 20.2. The molecule has 1 aliphatic heterocycles. The second-order valence-electron chi connectivity index (χ2n) is 6.65. The molecule has 2 heterocycles. The molecule has 2 amide bonds. The van der Waals surface area contributed by atoms with Gasteiger partial charge in [-0.15, -0.1) is 5.10 Å². The number of amides is 2. The molecule has 1 aromatic carbocycles. The molecular weight excluding hydrogens is 350 g/mol. The van der Waals surface area contributed by atoms with Gasteiger partial charge in [0, 0.05) is 6.04 Å². The molecular formula is C18H21N5O2S. The summed E-state index contributed by atoms with van der Waals surface area (Å²) in [6.45, 7) is 0. The third-order valence-corrected chi connectivity index (χ3v) is 5.72. The zero-order valence-electron chi connectivity index (χ0n) is 14.4. The van der Waals surface area contributed by atoms with Crippen LogP contribution in [-0.4, -0.2) is 43.6 Å². The average molecular weight is 371 g/mol. The fraction of sp³-hybridized carbons (Fsp3) is 0.444. The number of aromatic amines is 1. The SMILES string of the molecule is O=C(Cc1nc2ccccc2[nH]1)N/N=C1/SCC(=O)N1C1CCCCC1. The van der Waals surface area contributed by atoms with Gasteiger partial charge in [0.25, 0.3) is 0 Å². The lowest BCUT2D eigenvalue weighted by Gasteiger charge is -2.30. The van der Waals surface area contributed by atoms with E-state index in [1.54, 1.807) is 4.90 Å². The number of carbonyl (C=O) groups is 2. The van der Waals surface area contributed by atoms with Crippen molar-refractivity contribution in [2.24, 2.45) is 5.10 Å². The van der Waals surface area contributed by atoms with E-state index < -0.39 is 0 Å². The third kappa shape index (κ3) is 3.60. The van der Waals surface area contributed by atoms with Crippen LogP contribution in [0.15, 0.2) is 29.4 Å². The van der Waals surface area contributed by atoms with E-state index in [0.29, 0.717) is 16.7 Å². The Morgan fingerprint density at radius 1 is 1.31 bits per heavy atom. The topological polar surface area (TPSA) is 90.5 Å². The van der Waals surface area contributed by atoms with Crippen LogP contribution in [0.5, 0.6) is 0 Å². The van der Waals surface area contributed by atoms with E-state index in [1.807, 2.05) is 24.3 Å². The van der Waals surface area contributed by atoms with E-state index in [-0.39, 0.29) is 24.3 Å². The number of thioether (sulfide) groups is 1. The van der Waals surface area contributed by atoms with Crippen molar-refractivity contribution < 1.29 is 9.59 Å². The summed E-state index contributed by atoms with van der Waals surface area (Å²) in [6.07, 6.45) is 5.66. The summed E-state index contributed by atoms with van der Waals surface area (Å²) in [7, 11) is 0. The highest BCUT2D eigenvalue weighted by Crippen LogP contribution is 2.29. The summed E-state index contributed by atoms with van der Waals surface area (Å²) in [4.78, 5) is 33.7. The number of aromatic nitrogens is 2. The van der Waals surface area contributed by atoms with Gasteiger partial charge in [0.1, 0.15) is 5.82 Å². The first-order chi connectivity index (χ1) is 12.7. The Bertz CT molecular complexity index is 823. The zero-order chi connectivity index (χ0) is 17.9. The maximum Gasteiger partial charge on any atom is 0.247 e. The second-order valence-corrected chi connectivity index (χ2v) is 7.59. The van der Waals surface area contributed by atoms with Crippen molar-refractivity contribution in [3.8, 4) is 0 Å². The largest absolute Gasteiger partial charge is 0.342 e. The van der Waals surface area contributed by atoms with E-state index in [2.05, 4.69) is 20.5 Å². The van der Waals surface area contributed by atoms with Gasteiger partial charge in [-0.3, -0.25) is 14.5 Å². The fourth-order valence-corrected chi connectivity index (χ4v) is 4.44. The van der Waals surface area contributed by atoms with Crippen molar-refractivity contribution >= 4 is 39.8 Å². The predicted octanol–water partition coefficient (Wildman–Crippen LogP) is 2.40. The van der Waals surface area contributed by atoms with Crippen LogP contribution in [-0.2, 0) is 16.0 Å². The third-order valence-electron chi connectivity index (χ3n) is 4.78. The first kappa shape index (κ1) is 17.1. The number of nitrogens with zero attached hydrogens (tertiary/aromatic N) is 3. The highest BCUT2D eigenvalue weighted by atomic mass is 32.2. The molecule has 0 bridgehead atoms. The lowest BCUT2D eigenvalue weighted by Crippen LogP contribution is -2.41. The van der Waals surface area contributed by atoms with Gasteiger partial charge in [-0.05, 0) is 25.0 Å². The zero-order valence-corrected chi connectivity index (χ0v) is 15.2. The molecule has 136 valence electrons. The number of H-pyrrole nitrogens is 1. The first-order valence-electron chi connectivity index (χ1n) is 8.96. The summed E-state index contributed by atoms with van der Waals surface area (Å²) in [5.41, 5.74) is 4.32. The molecule has 0 unspecified atom stereocenters. The van der Waals surface area contributed by atoms with E-state index >= 15 is 0 Å². The molecule has 2 N–H and O–H groups in total. The molecule has 0 atom stereocenters. The minimum Gasteiger partial charge on any atom is -0.342 e. The fourth-order valence-electron chi connectivity index (χ4n) is 3.55. The Hall–Kier alpha value is -2.35. The number of para-hydroxylation sites is 2. The van der Waals surface area contributed by atoms with Crippen molar-refractivity contribution in [1.29, 1.82) is 0 Å². The van der Waals surface area contributed by atoms with Crippen LogP contribution in [0.1, 0.15) is 37.9 Å². The number of amidine groups is 1. The lowest BCUT2D eigenvalue weighted by molar-refractivity contribution is -0.126. The Morgan fingerprint density at radius 2 is 2.12 bits per heavy atom. The van der Waals surface area contributed by atoms with E-state index in [0.717, 1.165) is 36.7 Å². The predicted molar refractivity (Wildman–Crippen MR) is 102 cm³/mol. The number of fused-ring (bicyclic) bond motifs is 1. The van der Waals surface area contributed by atoms with Gasteiger partial charge in [0.05, 0.1) is 23.2 Å². The minimum absolute atomic E-state index is 0.0900. The molecule has 2 fully saturated rings. The van der Waals surface area contributed by atoms with Gasteiger partial charge in [-0.2, -0.15) is 0 Å². The van der Waals surface area contributed by atoms with Crippen LogP contribution in [0.3, 0.4) is 0 Å². The smallest absolute Gasteiger partial charge is 0.247 e. The first-order valence-corrected chi connectivity index (χ1v) is 9.94. The molecule has 1 aliphatic carbocycles. The van der Waals surface area contributed by atoms with E-state index in [9.17, 15) is 9.59 Å². The number of imidazole rings is 1. The highest BCUT2D eigenvalue weighted by Gasteiger charge is 2.35. The van der Waals surface area contributed by atoms with Crippen LogP contribution in [0.2, 0.25) is 0 Å². The van der Waals surface area contributed by atoms with Gasteiger partial charge in [0.15, 0.2) is 5.17 Å². The molecule has 26 heavy (non-hydrogen) atoms. The Balaban J connectivity index is 1.41. The summed E-state index contributed by atoms with van der Waals surface area (Å²) < 4.78 is 0. The van der Waals surface area contributed by atoms with Crippen molar-refractivity contribution in [3.05, 3.63) is 30.1 Å². The maximum absolute atomic E-state index is 12.2. The Kier molecular flexibility index (Phi) is 4.92. The number of hydrazone groups is 1. The number of hydrogen-bond donors (Lipinski definition) is 2. The summed E-state index contributed by atoms with van der Waals surface area (Å²) in [6, 6.07) is 7.87. The standard InChI is InChI=1S/C18H21N5O2S/c24-16(10-15-19-13-8-4-5-9-14(13)20-15)21-22-18-23(17(25)11-26-18)12-6-2-1-3-7-12/h4-5,8-9,12H,1-3,6-7,10-11H2,(H,19,20)(H,21,24)/b22-18+. The molecule has 0 spiro atoms. The maximum atomic E-state index is 12.2. The highest BCUT2D eigenvalue weighted by molar-refractivity contribution is 8.15. The molecule has 8 heteroatoms. The average Bonchev–Trinajstić information content (AvgIpc) is 3.23. The van der Waals surface area contributed by atoms with Gasteiger partial charge in [-0.25, -0.2) is 10.4 Å². The van der Waals surface area contributed by atoms with Crippen LogP contribution in [0.25, 0.3) is 11.0 Å². The minimum atomic E-state index is -0.250. The Morgan fingerprint density at radius 3 is 2.92 bits per heavy atom. The molecule has 2 aromatic rings. The van der Waals surface area contributed by atoms with Crippen LogP contribution in [0, 0.1) is 0 Å². The van der Waals surface area contributed by atoms with Gasteiger partial charge in [-0.1, -0.05) is 43.2 Å². The number of rotatable bonds is 4. The molecule has 1 aromatic heterocycles. The van der Waals surface area contributed by atoms with E-state index in [4.69, 9.17) is 0 Å². The van der Waals surface area contributed by atoms with Gasteiger partial charge < -0.3 is 4.98 Å². The number of nitrogens with one attached hydrogen (secondary N) is 2. The summed E-state index contributed by atoms with van der Waals surface area (Å²) in [5, 5.41) is 4.83. The van der Waals surface area contributed by atoms with Gasteiger partial charge >= 0.3 is 0 Å². The molecule has 7 nitrogen and oxygen atoms in total. The van der Waals surface area contributed by atoms with Crippen molar-refractivity contribution in [3.63, 3.8) is 0 Å².